The Kier molecular flexibility index (Phi) is 5.36. The summed E-state index contributed by atoms with van der Waals surface area (Å²) in [7, 11) is 0. The molecule has 1 amide bonds. The summed E-state index contributed by atoms with van der Waals surface area (Å²) >= 11 is 5.91. The molecule has 2 aromatic carbocycles. The first-order chi connectivity index (χ1) is 14.5. The Morgan fingerprint density at radius 1 is 1.03 bits per heavy atom. The minimum atomic E-state index is -0.340. The van der Waals surface area contributed by atoms with Crippen molar-refractivity contribution in [2.45, 2.75) is 6.92 Å². The maximum absolute atomic E-state index is 12.4. The lowest BCUT2D eigenvalue weighted by Crippen LogP contribution is -2.15. The maximum atomic E-state index is 12.4. The zero-order chi connectivity index (χ0) is 21.1. The van der Waals surface area contributed by atoms with Gasteiger partial charge < -0.3 is 15.1 Å². The second-order valence-electron chi connectivity index (χ2n) is 6.53. The van der Waals surface area contributed by atoms with Crippen LogP contribution in [0.4, 0.5) is 17.3 Å². The lowest BCUT2D eigenvalue weighted by atomic mass is 10.1. The highest BCUT2D eigenvalue weighted by atomic mass is 35.5. The quantitative estimate of drug-likeness (QED) is 0.422. The standard InChI is InChI=1S/C22H17ClN4O3/c1-13-19(26-22(27-20(13)28)25-17-10-6-15(23)7-11-17)14-4-8-16(9-5-14)24-21(29)18-3-2-12-30-18/h2-12H,1H3,(H,24,29)(H2,25,26,27,28). The number of aromatic nitrogens is 2. The van der Waals surface area contributed by atoms with E-state index in [-0.39, 0.29) is 17.2 Å². The molecule has 3 N–H and O–H groups in total. The van der Waals surface area contributed by atoms with Gasteiger partial charge >= 0.3 is 0 Å². The maximum Gasteiger partial charge on any atom is 0.291 e. The van der Waals surface area contributed by atoms with E-state index in [4.69, 9.17) is 16.0 Å². The van der Waals surface area contributed by atoms with Crippen molar-refractivity contribution < 1.29 is 9.21 Å². The van der Waals surface area contributed by atoms with Crippen molar-refractivity contribution in [3.05, 3.63) is 93.6 Å². The van der Waals surface area contributed by atoms with Crippen molar-refractivity contribution in [1.29, 1.82) is 0 Å². The summed E-state index contributed by atoms with van der Waals surface area (Å²) in [5, 5.41) is 6.44. The molecule has 2 heterocycles. The Morgan fingerprint density at radius 3 is 2.40 bits per heavy atom. The number of nitrogens with one attached hydrogen (secondary N) is 3. The van der Waals surface area contributed by atoms with Gasteiger partial charge in [-0.25, -0.2) is 4.98 Å². The molecular weight excluding hydrogens is 404 g/mol. The molecule has 0 spiro atoms. The van der Waals surface area contributed by atoms with E-state index in [0.717, 1.165) is 11.3 Å². The van der Waals surface area contributed by atoms with Crippen molar-refractivity contribution >= 4 is 34.8 Å². The van der Waals surface area contributed by atoms with Gasteiger partial charge in [-0.15, -0.1) is 0 Å². The number of anilines is 3. The number of halogens is 1. The molecule has 30 heavy (non-hydrogen) atoms. The number of benzene rings is 2. The third kappa shape index (κ3) is 4.26. The van der Waals surface area contributed by atoms with E-state index in [1.807, 2.05) is 0 Å². The normalized spacial score (nSPS) is 10.6. The fraction of sp³-hybridized carbons (Fsp3) is 0.0455. The van der Waals surface area contributed by atoms with Crippen molar-refractivity contribution in [2.24, 2.45) is 0 Å². The summed E-state index contributed by atoms with van der Waals surface area (Å²) in [5.41, 5.74) is 2.87. The fourth-order valence-electron chi connectivity index (χ4n) is 2.85. The zero-order valence-corrected chi connectivity index (χ0v) is 16.7. The number of hydrogen-bond acceptors (Lipinski definition) is 5. The lowest BCUT2D eigenvalue weighted by Gasteiger charge is -2.10. The average molecular weight is 421 g/mol. The SMILES string of the molecule is Cc1c(-c2ccc(NC(=O)c3ccco3)cc2)nc(Nc2ccc(Cl)cc2)[nH]c1=O. The molecule has 0 saturated heterocycles. The summed E-state index contributed by atoms with van der Waals surface area (Å²) in [5.74, 6) is 0.204. The smallest absolute Gasteiger partial charge is 0.291 e. The first-order valence-electron chi connectivity index (χ1n) is 9.08. The minimum absolute atomic E-state index is 0.226. The largest absolute Gasteiger partial charge is 0.459 e. The predicted molar refractivity (Wildman–Crippen MR) is 116 cm³/mol. The molecule has 0 radical (unpaired) electrons. The molecule has 4 aromatic rings. The summed E-state index contributed by atoms with van der Waals surface area (Å²) in [6.07, 6.45) is 1.44. The number of hydrogen-bond donors (Lipinski definition) is 3. The number of H-pyrrole nitrogens is 1. The summed E-state index contributed by atoms with van der Waals surface area (Å²) in [6.45, 7) is 1.71. The van der Waals surface area contributed by atoms with Crippen LogP contribution in [0.1, 0.15) is 16.1 Å². The van der Waals surface area contributed by atoms with Crippen LogP contribution in [0.5, 0.6) is 0 Å². The van der Waals surface area contributed by atoms with Gasteiger partial charge in [0, 0.05) is 27.5 Å². The van der Waals surface area contributed by atoms with Crippen LogP contribution in [0.15, 0.2) is 76.1 Å². The first-order valence-corrected chi connectivity index (χ1v) is 9.46. The van der Waals surface area contributed by atoms with Gasteiger partial charge in [0.05, 0.1) is 12.0 Å². The number of amides is 1. The number of furan rings is 1. The summed E-state index contributed by atoms with van der Waals surface area (Å²) in [4.78, 5) is 31.8. The Bertz CT molecular complexity index is 1230. The molecule has 0 aliphatic heterocycles. The Hall–Kier alpha value is -3.84. The molecule has 0 saturated carbocycles. The van der Waals surface area contributed by atoms with Crippen molar-refractivity contribution in [1.82, 2.24) is 9.97 Å². The van der Waals surface area contributed by atoms with Gasteiger partial charge in [-0.2, -0.15) is 0 Å². The van der Waals surface area contributed by atoms with Gasteiger partial charge in [0.25, 0.3) is 11.5 Å². The van der Waals surface area contributed by atoms with E-state index in [1.54, 1.807) is 67.6 Å². The molecule has 0 bridgehead atoms. The number of carbonyl (C=O) groups excluding carboxylic acids is 1. The first kappa shape index (κ1) is 19.5. The van der Waals surface area contributed by atoms with Gasteiger partial charge in [0.1, 0.15) is 0 Å². The highest BCUT2D eigenvalue weighted by Gasteiger charge is 2.12. The van der Waals surface area contributed by atoms with E-state index in [1.165, 1.54) is 6.26 Å². The van der Waals surface area contributed by atoms with E-state index >= 15 is 0 Å². The highest BCUT2D eigenvalue weighted by Crippen LogP contribution is 2.24. The number of rotatable bonds is 5. The van der Waals surface area contributed by atoms with Crippen LogP contribution < -0.4 is 16.2 Å². The Morgan fingerprint density at radius 2 is 1.73 bits per heavy atom. The second kappa shape index (κ2) is 8.26. The molecule has 0 aliphatic carbocycles. The molecule has 2 aromatic heterocycles. The predicted octanol–water partition coefficient (Wildman–Crippen LogP) is 4.99. The summed E-state index contributed by atoms with van der Waals surface area (Å²) in [6, 6.07) is 17.4. The van der Waals surface area contributed by atoms with Crippen LogP contribution in [0.25, 0.3) is 11.3 Å². The monoisotopic (exact) mass is 420 g/mol. The van der Waals surface area contributed by atoms with E-state index in [9.17, 15) is 9.59 Å². The lowest BCUT2D eigenvalue weighted by molar-refractivity contribution is 0.0996. The van der Waals surface area contributed by atoms with Gasteiger partial charge in [-0.1, -0.05) is 23.7 Å². The van der Waals surface area contributed by atoms with Gasteiger partial charge in [-0.05, 0) is 55.5 Å². The van der Waals surface area contributed by atoms with E-state index in [0.29, 0.717) is 27.9 Å². The zero-order valence-electron chi connectivity index (χ0n) is 15.9. The van der Waals surface area contributed by atoms with Crippen LogP contribution in [0.3, 0.4) is 0 Å². The molecule has 4 rings (SSSR count). The van der Waals surface area contributed by atoms with Crippen molar-refractivity contribution in [2.75, 3.05) is 10.6 Å². The topological polar surface area (TPSA) is 100 Å². The second-order valence-corrected chi connectivity index (χ2v) is 6.97. The van der Waals surface area contributed by atoms with Crippen LogP contribution in [0.2, 0.25) is 5.02 Å². The van der Waals surface area contributed by atoms with Gasteiger partial charge in [0.2, 0.25) is 5.95 Å². The van der Waals surface area contributed by atoms with Crippen LogP contribution in [-0.2, 0) is 0 Å². The summed E-state index contributed by atoms with van der Waals surface area (Å²) < 4.78 is 5.08. The van der Waals surface area contributed by atoms with Crippen LogP contribution >= 0.6 is 11.6 Å². The van der Waals surface area contributed by atoms with Gasteiger partial charge in [0.15, 0.2) is 5.76 Å². The molecule has 8 heteroatoms. The van der Waals surface area contributed by atoms with Crippen molar-refractivity contribution in [3.8, 4) is 11.3 Å². The Labute approximate surface area is 176 Å². The van der Waals surface area contributed by atoms with E-state index in [2.05, 4.69) is 20.6 Å². The average Bonchev–Trinajstić information content (AvgIpc) is 3.28. The molecular formula is C22H17ClN4O3. The molecule has 0 aliphatic rings. The molecule has 7 nitrogen and oxygen atoms in total. The molecule has 0 atom stereocenters. The molecule has 0 unspecified atom stereocenters. The third-order valence-corrected chi connectivity index (χ3v) is 4.67. The van der Waals surface area contributed by atoms with Gasteiger partial charge in [-0.3, -0.25) is 14.6 Å². The van der Waals surface area contributed by atoms with E-state index < -0.39 is 0 Å². The molecule has 150 valence electrons. The van der Waals surface area contributed by atoms with Crippen LogP contribution in [0, 0.1) is 6.92 Å². The number of nitrogens with zero attached hydrogens (tertiary/aromatic N) is 1. The van der Waals surface area contributed by atoms with Crippen LogP contribution in [-0.4, -0.2) is 15.9 Å². The number of carbonyl (C=O) groups is 1. The fourth-order valence-corrected chi connectivity index (χ4v) is 2.98. The number of aromatic amines is 1. The Balaban J connectivity index is 1.58. The molecule has 0 fully saturated rings. The highest BCUT2D eigenvalue weighted by molar-refractivity contribution is 6.30. The third-order valence-electron chi connectivity index (χ3n) is 4.42. The minimum Gasteiger partial charge on any atom is -0.459 e. The van der Waals surface area contributed by atoms with Crippen molar-refractivity contribution in [3.63, 3.8) is 0 Å².